The smallest absolute Gasteiger partial charge is 0.254 e. The van der Waals surface area contributed by atoms with E-state index in [4.69, 9.17) is 0 Å². The van der Waals surface area contributed by atoms with Gasteiger partial charge in [0.05, 0.1) is 6.04 Å². The number of hydrogen-bond donors (Lipinski definition) is 0. The molecular formula is C31H32N2O2S. The number of carbonyl (C=O) groups excluding carboxylic acids is 2. The number of fused-ring (bicyclic) bond motifs is 2. The Bertz CT molecular complexity index is 1410. The second-order valence-electron chi connectivity index (χ2n) is 9.65. The number of nitrogens with zero attached hydrogens (tertiary/aromatic N) is 2. The van der Waals surface area contributed by atoms with Crippen LogP contribution in [0.25, 0.3) is 10.8 Å². The molecule has 5 heteroatoms. The molecule has 5 rings (SSSR count). The number of thiophene rings is 1. The Morgan fingerprint density at radius 2 is 1.75 bits per heavy atom. The minimum atomic E-state index is -0.122. The van der Waals surface area contributed by atoms with E-state index in [0.717, 1.165) is 29.2 Å². The molecule has 0 aliphatic carbocycles. The molecule has 0 fully saturated rings. The van der Waals surface area contributed by atoms with Crippen LogP contribution in [0.1, 0.15) is 58.2 Å². The summed E-state index contributed by atoms with van der Waals surface area (Å²) < 4.78 is 0. The van der Waals surface area contributed by atoms with Crippen molar-refractivity contribution in [2.75, 3.05) is 13.1 Å². The third kappa shape index (κ3) is 4.56. The predicted octanol–water partition coefficient (Wildman–Crippen LogP) is 6.62. The van der Waals surface area contributed by atoms with Crippen LogP contribution in [0.4, 0.5) is 0 Å². The molecule has 4 aromatic rings. The van der Waals surface area contributed by atoms with E-state index >= 15 is 0 Å². The predicted molar refractivity (Wildman–Crippen MR) is 147 cm³/mol. The molecule has 1 aliphatic heterocycles. The van der Waals surface area contributed by atoms with Crippen molar-refractivity contribution >= 4 is 33.9 Å². The highest BCUT2D eigenvalue weighted by molar-refractivity contribution is 7.10. The Kier molecular flexibility index (Phi) is 6.92. The number of rotatable bonds is 6. The summed E-state index contributed by atoms with van der Waals surface area (Å²) in [5, 5.41) is 4.25. The topological polar surface area (TPSA) is 40.6 Å². The molecule has 0 saturated carbocycles. The Hall–Kier alpha value is -3.44. The Morgan fingerprint density at radius 1 is 1.00 bits per heavy atom. The molecule has 0 spiro atoms. The third-order valence-corrected chi connectivity index (χ3v) is 8.45. The van der Waals surface area contributed by atoms with Crippen LogP contribution in [0.15, 0.2) is 78.2 Å². The maximum Gasteiger partial charge on any atom is 0.254 e. The lowest BCUT2D eigenvalue weighted by molar-refractivity contribution is -0.134. The fourth-order valence-electron chi connectivity index (χ4n) is 5.19. The second kappa shape index (κ2) is 10.3. The van der Waals surface area contributed by atoms with Gasteiger partial charge in [-0.05, 0) is 77.7 Å². The summed E-state index contributed by atoms with van der Waals surface area (Å²) in [5.74, 6) is -0.0985. The molecule has 1 aliphatic rings. The van der Waals surface area contributed by atoms with Gasteiger partial charge in [-0.25, -0.2) is 0 Å². The summed E-state index contributed by atoms with van der Waals surface area (Å²) in [4.78, 5) is 32.8. The number of benzene rings is 3. The van der Waals surface area contributed by atoms with Crippen molar-refractivity contribution in [1.29, 1.82) is 0 Å². The van der Waals surface area contributed by atoms with E-state index in [1.807, 2.05) is 66.4 Å². The maximum atomic E-state index is 13.9. The molecule has 184 valence electrons. The highest BCUT2D eigenvalue weighted by Crippen LogP contribution is 2.39. The fourth-order valence-corrected chi connectivity index (χ4v) is 6.09. The molecule has 3 aromatic carbocycles. The lowest BCUT2D eigenvalue weighted by Gasteiger charge is -2.39. The normalized spacial score (nSPS) is 16.0. The number of amides is 2. The van der Waals surface area contributed by atoms with Crippen LogP contribution in [-0.4, -0.2) is 40.7 Å². The molecule has 2 atom stereocenters. The lowest BCUT2D eigenvalue weighted by Crippen LogP contribution is -2.49. The fraction of sp³-hybridized carbons (Fsp3) is 0.290. The largest absolute Gasteiger partial charge is 0.330 e. The van der Waals surface area contributed by atoms with E-state index in [1.165, 1.54) is 16.0 Å². The van der Waals surface area contributed by atoms with Crippen molar-refractivity contribution in [1.82, 2.24) is 9.80 Å². The monoisotopic (exact) mass is 496 g/mol. The molecule has 0 N–H and O–H groups in total. The van der Waals surface area contributed by atoms with Crippen molar-refractivity contribution in [2.45, 2.75) is 45.7 Å². The average molecular weight is 497 g/mol. The minimum Gasteiger partial charge on any atom is -0.330 e. The van der Waals surface area contributed by atoms with Gasteiger partial charge in [-0.3, -0.25) is 9.59 Å². The Morgan fingerprint density at radius 3 is 2.53 bits per heavy atom. The zero-order valence-electron chi connectivity index (χ0n) is 21.1. The molecule has 0 radical (unpaired) electrons. The van der Waals surface area contributed by atoms with Gasteiger partial charge in [0.2, 0.25) is 5.91 Å². The van der Waals surface area contributed by atoms with Crippen LogP contribution in [0, 0.1) is 6.92 Å². The molecule has 0 saturated heterocycles. The average Bonchev–Trinajstić information content (AvgIpc) is 3.39. The molecule has 2 heterocycles. The van der Waals surface area contributed by atoms with Crippen LogP contribution >= 0.6 is 11.3 Å². The maximum absolute atomic E-state index is 13.9. The van der Waals surface area contributed by atoms with Gasteiger partial charge in [0, 0.05) is 23.0 Å². The first kappa shape index (κ1) is 24.3. The summed E-state index contributed by atoms with van der Waals surface area (Å²) in [6.07, 6.45) is 1.63. The van der Waals surface area contributed by atoms with Crippen molar-refractivity contribution in [2.24, 2.45) is 0 Å². The van der Waals surface area contributed by atoms with Crippen molar-refractivity contribution in [3.8, 4) is 0 Å². The van der Waals surface area contributed by atoms with E-state index < -0.39 is 0 Å². The van der Waals surface area contributed by atoms with Crippen LogP contribution in [0.2, 0.25) is 0 Å². The number of hydrogen-bond acceptors (Lipinski definition) is 3. The first-order valence-corrected chi connectivity index (χ1v) is 13.6. The molecular weight excluding hydrogens is 464 g/mol. The summed E-state index contributed by atoms with van der Waals surface area (Å²) in [6, 6.07) is 24.1. The summed E-state index contributed by atoms with van der Waals surface area (Å²) in [5.41, 5.74) is 4.16. The van der Waals surface area contributed by atoms with E-state index in [0.29, 0.717) is 12.1 Å². The summed E-state index contributed by atoms with van der Waals surface area (Å²) >= 11 is 1.77. The molecule has 36 heavy (non-hydrogen) atoms. The summed E-state index contributed by atoms with van der Waals surface area (Å²) in [7, 11) is 0. The highest BCUT2D eigenvalue weighted by Gasteiger charge is 2.35. The Balaban J connectivity index is 1.46. The summed E-state index contributed by atoms with van der Waals surface area (Å²) in [6.45, 7) is 6.92. The number of aryl methyl sites for hydroxylation is 1. The van der Waals surface area contributed by atoms with Crippen LogP contribution in [-0.2, 0) is 11.2 Å². The van der Waals surface area contributed by atoms with Crippen LogP contribution < -0.4 is 0 Å². The molecule has 4 nitrogen and oxygen atoms in total. The zero-order valence-corrected chi connectivity index (χ0v) is 21.9. The highest BCUT2D eigenvalue weighted by atomic mass is 32.1. The molecule has 0 bridgehead atoms. The molecule has 1 aromatic heterocycles. The molecule has 2 amide bonds. The van der Waals surface area contributed by atoms with E-state index in [1.54, 1.807) is 16.2 Å². The minimum absolute atomic E-state index is 0.00505. The van der Waals surface area contributed by atoms with Crippen LogP contribution in [0.3, 0.4) is 0 Å². The van der Waals surface area contributed by atoms with E-state index in [-0.39, 0.29) is 30.4 Å². The third-order valence-electron chi connectivity index (χ3n) is 7.46. The SMILES string of the molecule is CC[C@H](C)N(CC(=O)N1CCc2sccc2[C@@H]1c1ccccc1C)C(=O)c1ccc2ccccc2c1. The standard InChI is InChI=1S/C31H32N2O2S/c1-4-22(3)33(31(35)25-14-13-23-10-6-7-11-24(23)19-25)20-29(34)32-17-15-28-27(16-18-36-28)30(32)26-12-8-5-9-21(26)2/h5-14,16,18-19,22,30H,4,15,17,20H2,1-3H3/t22-,30-/m0/s1. The zero-order chi connectivity index (χ0) is 25.2. The van der Waals surface area contributed by atoms with Gasteiger partial charge in [-0.1, -0.05) is 61.5 Å². The van der Waals surface area contributed by atoms with Gasteiger partial charge < -0.3 is 9.80 Å². The van der Waals surface area contributed by atoms with Gasteiger partial charge in [-0.15, -0.1) is 11.3 Å². The van der Waals surface area contributed by atoms with Crippen molar-refractivity contribution < 1.29 is 9.59 Å². The Labute approximate surface area is 217 Å². The van der Waals surface area contributed by atoms with E-state index in [2.05, 4.69) is 37.4 Å². The first-order valence-electron chi connectivity index (χ1n) is 12.7. The quantitative estimate of drug-likeness (QED) is 0.301. The molecule has 0 unspecified atom stereocenters. The van der Waals surface area contributed by atoms with Crippen LogP contribution in [0.5, 0.6) is 0 Å². The number of carbonyl (C=O) groups is 2. The van der Waals surface area contributed by atoms with Crippen molar-refractivity contribution in [3.05, 3.63) is 105 Å². The van der Waals surface area contributed by atoms with Crippen molar-refractivity contribution in [3.63, 3.8) is 0 Å². The second-order valence-corrected chi connectivity index (χ2v) is 10.6. The van der Waals surface area contributed by atoms with Gasteiger partial charge in [0.1, 0.15) is 6.54 Å². The van der Waals surface area contributed by atoms with Gasteiger partial charge in [0.15, 0.2) is 0 Å². The first-order chi connectivity index (χ1) is 17.5. The van der Waals surface area contributed by atoms with Gasteiger partial charge >= 0.3 is 0 Å². The van der Waals surface area contributed by atoms with Gasteiger partial charge in [-0.2, -0.15) is 0 Å². The lowest BCUT2D eigenvalue weighted by atomic mass is 9.90. The van der Waals surface area contributed by atoms with Gasteiger partial charge in [0.25, 0.3) is 5.91 Å². The van der Waals surface area contributed by atoms with E-state index in [9.17, 15) is 9.59 Å².